The summed E-state index contributed by atoms with van der Waals surface area (Å²) in [6, 6.07) is 10.2. The highest BCUT2D eigenvalue weighted by atomic mass is 32.1. The highest BCUT2D eigenvalue weighted by Gasteiger charge is 2.22. The first kappa shape index (κ1) is 17.9. The van der Waals surface area contributed by atoms with Gasteiger partial charge in [0.2, 0.25) is 5.91 Å². The van der Waals surface area contributed by atoms with Crippen LogP contribution in [0.5, 0.6) is 5.75 Å². The molecule has 1 aliphatic rings. The molecule has 1 atom stereocenters. The maximum Gasteiger partial charge on any atom is 0.234 e. The van der Waals surface area contributed by atoms with Crippen molar-refractivity contribution >= 4 is 17.2 Å². The molecule has 1 fully saturated rings. The molecule has 0 radical (unpaired) electrons. The molecule has 2 heterocycles. The Morgan fingerprint density at radius 1 is 1.36 bits per heavy atom. The smallest absolute Gasteiger partial charge is 0.234 e. The molecule has 1 aromatic carbocycles. The summed E-state index contributed by atoms with van der Waals surface area (Å²) in [6.45, 7) is 3.33. The maximum atomic E-state index is 13.2. The van der Waals surface area contributed by atoms with Crippen LogP contribution in [0.4, 0.5) is 4.39 Å². The van der Waals surface area contributed by atoms with Crippen molar-refractivity contribution in [3.8, 4) is 5.75 Å². The van der Waals surface area contributed by atoms with Crippen molar-refractivity contribution in [1.29, 1.82) is 0 Å². The monoisotopic (exact) mass is 362 g/mol. The van der Waals surface area contributed by atoms with Gasteiger partial charge in [-0.05, 0) is 43.0 Å². The average Bonchev–Trinajstić information content (AvgIpc) is 3.12. The van der Waals surface area contributed by atoms with Gasteiger partial charge in [0.1, 0.15) is 11.6 Å². The largest absolute Gasteiger partial charge is 0.493 e. The van der Waals surface area contributed by atoms with E-state index in [0.29, 0.717) is 31.4 Å². The molecule has 1 N–H and O–H groups in total. The van der Waals surface area contributed by atoms with Crippen LogP contribution >= 0.6 is 11.3 Å². The van der Waals surface area contributed by atoms with Gasteiger partial charge in [-0.15, -0.1) is 11.3 Å². The molecule has 0 aliphatic carbocycles. The fourth-order valence-corrected chi connectivity index (χ4v) is 3.70. The fraction of sp³-hybridized carbons (Fsp3) is 0.421. The summed E-state index contributed by atoms with van der Waals surface area (Å²) in [5, 5.41) is 4.98. The molecule has 134 valence electrons. The van der Waals surface area contributed by atoms with Crippen molar-refractivity contribution in [2.45, 2.75) is 19.4 Å². The number of thiophene rings is 1. The van der Waals surface area contributed by atoms with Crippen molar-refractivity contribution in [3.05, 3.63) is 52.5 Å². The van der Waals surface area contributed by atoms with Crippen LogP contribution in [-0.2, 0) is 11.3 Å². The van der Waals surface area contributed by atoms with Crippen molar-refractivity contribution in [2.24, 2.45) is 5.92 Å². The van der Waals surface area contributed by atoms with Crippen LogP contribution in [0.1, 0.15) is 17.7 Å². The Bertz CT molecular complexity index is 678. The quantitative estimate of drug-likeness (QED) is 0.822. The molecule has 1 aromatic heterocycles. The van der Waals surface area contributed by atoms with Gasteiger partial charge in [0.15, 0.2) is 0 Å². The summed E-state index contributed by atoms with van der Waals surface area (Å²) in [7, 11) is 0. The van der Waals surface area contributed by atoms with E-state index in [4.69, 9.17) is 4.74 Å². The van der Waals surface area contributed by atoms with Crippen molar-refractivity contribution < 1.29 is 13.9 Å². The average molecular weight is 362 g/mol. The first-order valence-corrected chi connectivity index (χ1v) is 9.47. The number of nitrogens with one attached hydrogen (secondary N) is 1. The van der Waals surface area contributed by atoms with Crippen molar-refractivity contribution in [1.82, 2.24) is 10.2 Å². The number of amides is 1. The zero-order chi connectivity index (χ0) is 17.5. The van der Waals surface area contributed by atoms with Crippen LogP contribution in [-0.4, -0.2) is 37.0 Å². The van der Waals surface area contributed by atoms with Gasteiger partial charge in [-0.3, -0.25) is 9.69 Å². The number of rotatable bonds is 7. The molecule has 0 bridgehead atoms. The number of halogens is 1. The molecule has 1 amide bonds. The number of benzene rings is 1. The molecular formula is C19H23FN2O2S. The van der Waals surface area contributed by atoms with Gasteiger partial charge in [-0.2, -0.15) is 0 Å². The van der Waals surface area contributed by atoms with Crippen molar-refractivity contribution in [2.75, 3.05) is 26.2 Å². The number of ether oxygens (including phenoxy) is 1. The maximum absolute atomic E-state index is 13.2. The molecule has 6 heteroatoms. The molecule has 0 spiro atoms. The van der Waals surface area contributed by atoms with Gasteiger partial charge in [0.05, 0.1) is 19.7 Å². The number of hydrogen-bond donors (Lipinski definition) is 1. The van der Waals surface area contributed by atoms with Gasteiger partial charge in [-0.1, -0.05) is 12.1 Å². The summed E-state index contributed by atoms with van der Waals surface area (Å²) in [6.07, 6.45) is 2.12. The normalized spacial score (nSPS) is 18.0. The fourth-order valence-electron chi connectivity index (χ4n) is 3.06. The third-order valence-electron chi connectivity index (χ3n) is 4.29. The second kappa shape index (κ2) is 8.97. The number of carbonyl (C=O) groups is 1. The zero-order valence-corrected chi connectivity index (χ0v) is 14.9. The van der Waals surface area contributed by atoms with E-state index in [1.165, 1.54) is 12.1 Å². The predicted octanol–water partition coefficient (Wildman–Crippen LogP) is 3.29. The molecule has 0 saturated carbocycles. The van der Waals surface area contributed by atoms with E-state index in [1.54, 1.807) is 23.5 Å². The van der Waals surface area contributed by atoms with Crippen LogP contribution in [0.2, 0.25) is 0 Å². The van der Waals surface area contributed by atoms with E-state index < -0.39 is 0 Å². The Morgan fingerprint density at radius 3 is 3.08 bits per heavy atom. The number of piperidine rings is 1. The SMILES string of the molecule is O=C(CN1CCC[C@H](COc2cccc(F)c2)C1)NCc1cccs1. The van der Waals surface area contributed by atoms with Gasteiger partial charge >= 0.3 is 0 Å². The van der Waals surface area contributed by atoms with Crippen LogP contribution in [0, 0.1) is 11.7 Å². The Balaban J connectivity index is 1.40. The lowest BCUT2D eigenvalue weighted by atomic mass is 9.99. The number of carbonyl (C=O) groups excluding carboxylic acids is 1. The summed E-state index contributed by atoms with van der Waals surface area (Å²) in [5.41, 5.74) is 0. The first-order chi connectivity index (χ1) is 12.2. The lowest BCUT2D eigenvalue weighted by molar-refractivity contribution is -0.122. The van der Waals surface area contributed by atoms with E-state index in [2.05, 4.69) is 10.2 Å². The zero-order valence-electron chi connectivity index (χ0n) is 14.1. The molecule has 0 unspecified atom stereocenters. The van der Waals surface area contributed by atoms with Gasteiger partial charge in [0.25, 0.3) is 0 Å². The van der Waals surface area contributed by atoms with Crippen LogP contribution < -0.4 is 10.1 Å². The minimum absolute atomic E-state index is 0.0556. The Kier molecular flexibility index (Phi) is 6.42. The summed E-state index contributed by atoms with van der Waals surface area (Å²) >= 11 is 1.65. The Morgan fingerprint density at radius 2 is 2.28 bits per heavy atom. The van der Waals surface area contributed by atoms with E-state index in [-0.39, 0.29) is 11.7 Å². The van der Waals surface area contributed by atoms with Crippen LogP contribution in [0.25, 0.3) is 0 Å². The molecule has 2 aromatic rings. The van der Waals surface area contributed by atoms with E-state index in [9.17, 15) is 9.18 Å². The van der Waals surface area contributed by atoms with Crippen LogP contribution in [0.3, 0.4) is 0 Å². The van der Waals surface area contributed by atoms with Crippen molar-refractivity contribution in [3.63, 3.8) is 0 Å². The summed E-state index contributed by atoms with van der Waals surface area (Å²) in [5.74, 6) is 0.693. The number of nitrogens with zero attached hydrogens (tertiary/aromatic N) is 1. The predicted molar refractivity (Wildman–Crippen MR) is 97.2 cm³/mol. The first-order valence-electron chi connectivity index (χ1n) is 8.59. The van der Waals surface area contributed by atoms with E-state index >= 15 is 0 Å². The minimum Gasteiger partial charge on any atom is -0.493 e. The highest BCUT2D eigenvalue weighted by Crippen LogP contribution is 2.19. The standard InChI is InChI=1S/C19H23FN2O2S/c20-16-5-1-6-17(10-16)24-14-15-4-2-8-22(12-15)13-19(23)21-11-18-7-3-9-25-18/h1,3,5-7,9-10,15H,2,4,8,11-14H2,(H,21,23)/t15-/m0/s1. The third-order valence-corrected chi connectivity index (χ3v) is 5.17. The highest BCUT2D eigenvalue weighted by molar-refractivity contribution is 7.09. The second-order valence-electron chi connectivity index (χ2n) is 6.37. The molecule has 1 saturated heterocycles. The van der Waals surface area contributed by atoms with Crippen LogP contribution in [0.15, 0.2) is 41.8 Å². The summed E-state index contributed by atoms with van der Waals surface area (Å²) < 4.78 is 18.9. The lowest BCUT2D eigenvalue weighted by Crippen LogP contribution is -2.43. The lowest BCUT2D eigenvalue weighted by Gasteiger charge is -2.32. The molecule has 3 rings (SSSR count). The third kappa shape index (κ3) is 5.83. The molecule has 4 nitrogen and oxygen atoms in total. The minimum atomic E-state index is -0.287. The van der Waals surface area contributed by atoms with E-state index in [0.717, 1.165) is 30.8 Å². The Labute approximate surface area is 151 Å². The van der Waals surface area contributed by atoms with E-state index in [1.807, 2.05) is 17.5 Å². The van der Waals surface area contributed by atoms with Gasteiger partial charge < -0.3 is 10.1 Å². The second-order valence-corrected chi connectivity index (χ2v) is 7.40. The summed E-state index contributed by atoms with van der Waals surface area (Å²) in [4.78, 5) is 15.4. The number of hydrogen-bond acceptors (Lipinski definition) is 4. The Hall–Kier alpha value is -1.92. The topological polar surface area (TPSA) is 41.6 Å². The molecule has 1 aliphatic heterocycles. The molecular weight excluding hydrogens is 339 g/mol. The molecule has 25 heavy (non-hydrogen) atoms. The van der Waals surface area contributed by atoms with Gasteiger partial charge in [0, 0.05) is 23.4 Å². The number of likely N-dealkylation sites (tertiary alicyclic amines) is 1. The van der Waals surface area contributed by atoms with Gasteiger partial charge in [-0.25, -0.2) is 4.39 Å².